The first-order chi connectivity index (χ1) is 12.8. The summed E-state index contributed by atoms with van der Waals surface area (Å²) < 4.78 is 0. The summed E-state index contributed by atoms with van der Waals surface area (Å²) in [6.45, 7) is 3.03. The second kappa shape index (κ2) is 12.4. The Morgan fingerprint density at radius 2 is 1.65 bits per heavy atom. The maximum atomic E-state index is 5.85. The minimum Gasteiger partial charge on any atom is -0.368 e. The summed E-state index contributed by atoms with van der Waals surface area (Å²) in [5, 5.41) is 3.29. The molecule has 0 bridgehead atoms. The van der Waals surface area contributed by atoms with E-state index in [0.29, 0.717) is 11.9 Å². The van der Waals surface area contributed by atoms with Crippen LogP contribution in [0.25, 0.3) is 0 Å². The minimum absolute atomic E-state index is 0.311. The molecule has 0 amide bonds. The molecular formula is C21H35N5. The zero-order valence-corrected chi connectivity index (χ0v) is 16.3. The van der Waals surface area contributed by atoms with E-state index in [9.17, 15) is 0 Å². The van der Waals surface area contributed by atoms with Crippen molar-refractivity contribution in [1.29, 1.82) is 0 Å². The Bertz CT molecular complexity index is 580. The molecule has 1 aromatic rings. The van der Waals surface area contributed by atoms with Crippen molar-refractivity contribution in [2.75, 3.05) is 17.6 Å². The number of nitrogens with zero attached hydrogens (tertiary/aromatic N) is 3. The van der Waals surface area contributed by atoms with Crippen molar-refractivity contribution in [2.45, 2.75) is 84.0 Å². The Morgan fingerprint density at radius 1 is 0.923 bits per heavy atom. The van der Waals surface area contributed by atoms with Crippen LogP contribution in [0.1, 0.15) is 83.4 Å². The first-order valence-corrected chi connectivity index (χ1v) is 10.3. The fourth-order valence-corrected chi connectivity index (χ4v) is 3.21. The van der Waals surface area contributed by atoms with Crippen LogP contribution in [0.3, 0.4) is 0 Å². The molecule has 0 unspecified atom stereocenters. The molecule has 0 radical (unpaired) electrons. The normalized spacial score (nSPS) is 13.7. The second-order valence-corrected chi connectivity index (χ2v) is 7.14. The van der Waals surface area contributed by atoms with Crippen LogP contribution in [-0.2, 0) is 6.42 Å². The molecule has 0 atom stereocenters. The Kier molecular flexibility index (Phi) is 9.77. The number of nitrogens with two attached hydrogens (primary N) is 1. The topological polar surface area (TPSA) is 76.7 Å². The van der Waals surface area contributed by atoms with E-state index in [2.05, 4.69) is 45.4 Å². The average molecular weight is 358 g/mol. The first kappa shape index (κ1) is 20.4. The van der Waals surface area contributed by atoms with Crippen LogP contribution >= 0.6 is 0 Å². The number of aromatic nitrogens is 3. The van der Waals surface area contributed by atoms with Gasteiger partial charge in [0.15, 0.2) is 0 Å². The summed E-state index contributed by atoms with van der Waals surface area (Å²) in [7, 11) is 0. The van der Waals surface area contributed by atoms with E-state index in [4.69, 9.17) is 5.73 Å². The average Bonchev–Trinajstić information content (AvgIpc) is 2.65. The quantitative estimate of drug-likeness (QED) is 0.374. The van der Waals surface area contributed by atoms with Gasteiger partial charge in [-0.25, -0.2) is 0 Å². The maximum Gasteiger partial charge on any atom is 0.227 e. The van der Waals surface area contributed by atoms with E-state index in [0.717, 1.165) is 38.1 Å². The molecule has 0 fully saturated rings. The highest BCUT2D eigenvalue weighted by molar-refractivity contribution is 5.33. The number of nitrogens with one attached hydrogen (secondary N) is 1. The lowest BCUT2D eigenvalue weighted by Crippen LogP contribution is -2.12. The van der Waals surface area contributed by atoms with Crippen LogP contribution in [0.4, 0.5) is 11.9 Å². The SMILES string of the molecule is CCCCCCCCCCCc1nc(N)nc(NCC2=CCC=CC2)n1. The van der Waals surface area contributed by atoms with Crippen molar-refractivity contribution in [3.05, 3.63) is 29.6 Å². The molecule has 1 aliphatic carbocycles. The third-order valence-electron chi connectivity index (χ3n) is 4.77. The van der Waals surface area contributed by atoms with Gasteiger partial charge < -0.3 is 11.1 Å². The van der Waals surface area contributed by atoms with E-state index >= 15 is 0 Å². The Hall–Kier alpha value is -1.91. The number of allylic oxidation sites excluding steroid dienone is 3. The van der Waals surface area contributed by atoms with E-state index in [-0.39, 0.29) is 0 Å². The zero-order valence-electron chi connectivity index (χ0n) is 16.3. The highest BCUT2D eigenvalue weighted by Gasteiger charge is 2.06. The molecule has 1 aliphatic rings. The van der Waals surface area contributed by atoms with Gasteiger partial charge in [0.2, 0.25) is 11.9 Å². The fourth-order valence-electron chi connectivity index (χ4n) is 3.21. The number of hydrogen-bond acceptors (Lipinski definition) is 5. The van der Waals surface area contributed by atoms with Crippen LogP contribution in [0, 0.1) is 0 Å². The summed E-state index contributed by atoms with van der Waals surface area (Å²) in [5.74, 6) is 1.71. The highest BCUT2D eigenvalue weighted by atomic mass is 15.2. The van der Waals surface area contributed by atoms with Gasteiger partial charge in [-0.3, -0.25) is 0 Å². The van der Waals surface area contributed by atoms with Crippen LogP contribution in [0.15, 0.2) is 23.8 Å². The third-order valence-corrected chi connectivity index (χ3v) is 4.77. The van der Waals surface area contributed by atoms with Gasteiger partial charge in [0, 0.05) is 13.0 Å². The fraction of sp³-hybridized carbons (Fsp3) is 0.667. The Morgan fingerprint density at radius 3 is 2.35 bits per heavy atom. The molecule has 26 heavy (non-hydrogen) atoms. The second-order valence-electron chi connectivity index (χ2n) is 7.14. The van der Waals surface area contributed by atoms with Crippen molar-refractivity contribution in [1.82, 2.24) is 15.0 Å². The predicted octanol–water partition coefficient (Wildman–Crippen LogP) is 5.22. The minimum atomic E-state index is 0.311. The molecule has 2 rings (SSSR count). The molecule has 3 N–H and O–H groups in total. The van der Waals surface area contributed by atoms with Crippen LogP contribution in [0.5, 0.6) is 0 Å². The highest BCUT2D eigenvalue weighted by Crippen LogP contribution is 2.13. The standard InChI is InChI=1S/C21H35N5/c1-2-3-4-5-6-7-8-9-13-16-19-24-20(22)26-21(25-19)23-17-18-14-11-10-12-15-18/h10-11,15H,2-9,12-14,16-17H2,1H3,(H3,22,23,24,25,26). The van der Waals surface area contributed by atoms with Gasteiger partial charge in [-0.05, 0) is 19.3 Å². The van der Waals surface area contributed by atoms with Crippen LogP contribution in [0.2, 0.25) is 0 Å². The van der Waals surface area contributed by atoms with Gasteiger partial charge in [-0.2, -0.15) is 15.0 Å². The molecule has 5 nitrogen and oxygen atoms in total. The molecule has 1 heterocycles. The van der Waals surface area contributed by atoms with Crippen molar-refractivity contribution in [3.63, 3.8) is 0 Å². The van der Waals surface area contributed by atoms with E-state index in [1.54, 1.807) is 0 Å². The molecule has 0 aliphatic heterocycles. The lowest BCUT2D eigenvalue weighted by molar-refractivity contribution is 0.562. The van der Waals surface area contributed by atoms with E-state index in [1.807, 2.05) is 0 Å². The van der Waals surface area contributed by atoms with Gasteiger partial charge in [-0.15, -0.1) is 0 Å². The molecule has 144 valence electrons. The first-order valence-electron chi connectivity index (χ1n) is 10.3. The molecule has 0 saturated carbocycles. The monoisotopic (exact) mass is 357 g/mol. The molecule has 1 aromatic heterocycles. The lowest BCUT2D eigenvalue weighted by Gasteiger charge is -2.11. The maximum absolute atomic E-state index is 5.85. The van der Waals surface area contributed by atoms with Crippen molar-refractivity contribution in [3.8, 4) is 0 Å². The predicted molar refractivity (Wildman–Crippen MR) is 110 cm³/mol. The summed E-state index contributed by atoms with van der Waals surface area (Å²) >= 11 is 0. The van der Waals surface area contributed by atoms with Gasteiger partial charge in [0.1, 0.15) is 5.82 Å². The molecule has 5 heteroatoms. The molecular weight excluding hydrogens is 322 g/mol. The number of anilines is 2. The Labute approximate surface area is 158 Å². The van der Waals surface area contributed by atoms with Crippen molar-refractivity contribution < 1.29 is 0 Å². The molecule has 0 aromatic carbocycles. The molecule has 0 saturated heterocycles. The summed E-state index contributed by atoms with van der Waals surface area (Å²) in [4.78, 5) is 13.0. The van der Waals surface area contributed by atoms with Gasteiger partial charge in [-0.1, -0.05) is 82.1 Å². The number of aryl methyl sites for hydroxylation is 1. The van der Waals surface area contributed by atoms with Gasteiger partial charge in [0.25, 0.3) is 0 Å². The van der Waals surface area contributed by atoms with Crippen LogP contribution in [-0.4, -0.2) is 21.5 Å². The molecule has 0 spiro atoms. The van der Waals surface area contributed by atoms with Crippen molar-refractivity contribution in [2.24, 2.45) is 0 Å². The van der Waals surface area contributed by atoms with E-state index in [1.165, 1.54) is 56.9 Å². The summed E-state index contributed by atoms with van der Waals surface area (Å²) in [6, 6.07) is 0. The smallest absolute Gasteiger partial charge is 0.227 e. The number of hydrogen-bond donors (Lipinski definition) is 2. The summed E-state index contributed by atoms with van der Waals surface area (Å²) in [5.41, 5.74) is 7.22. The zero-order chi connectivity index (χ0) is 18.5. The third kappa shape index (κ3) is 8.45. The number of nitrogen functional groups attached to an aromatic ring is 1. The van der Waals surface area contributed by atoms with Crippen LogP contribution < -0.4 is 11.1 Å². The number of rotatable bonds is 13. The van der Waals surface area contributed by atoms with Gasteiger partial charge in [0.05, 0.1) is 0 Å². The Balaban J connectivity index is 1.64. The van der Waals surface area contributed by atoms with E-state index < -0.39 is 0 Å². The largest absolute Gasteiger partial charge is 0.368 e. The van der Waals surface area contributed by atoms with Gasteiger partial charge >= 0.3 is 0 Å². The van der Waals surface area contributed by atoms with Crippen molar-refractivity contribution >= 4 is 11.9 Å². The summed E-state index contributed by atoms with van der Waals surface area (Å²) in [6.07, 6.45) is 21.4. The lowest BCUT2D eigenvalue weighted by atomic mass is 10.1. The number of unbranched alkanes of at least 4 members (excludes halogenated alkanes) is 8.